The average molecular weight is 318 g/mol. The maximum absolute atomic E-state index is 13.1. The highest BCUT2D eigenvalue weighted by Gasteiger charge is 2.08. The molecule has 0 aliphatic rings. The molecule has 0 amide bonds. The molecule has 0 aromatic heterocycles. The summed E-state index contributed by atoms with van der Waals surface area (Å²) in [5.41, 5.74) is 1.14. The van der Waals surface area contributed by atoms with E-state index in [1.807, 2.05) is 12.1 Å². The Morgan fingerprint density at radius 3 is 2.83 bits per heavy atom. The fourth-order valence-corrected chi connectivity index (χ4v) is 2.26. The molecule has 1 atom stereocenters. The molecule has 1 aromatic rings. The Labute approximate surface area is 117 Å². The van der Waals surface area contributed by atoms with Gasteiger partial charge in [0, 0.05) is 13.2 Å². The molecular weight excluding hydrogens is 297 g/mol. The highest BCUT2D eigenvalue weighted by molar-refractivity contribution is 9.10. The van der Waals surface area contributed by atoms with E-state index in [9.17, 15) is 4.39 Å². The Morgan fingerprint density at radius 2 is 2.22 bits per heavy atom. The van der Waals surface area contributed by atoms with Crippen LogP contribution in [0.15, 0.2) is 22.7 Å². The van der Waals surface area contributed by atoms with Gasteiger partial charge >= 0.3 is 0 Å². The molecule has 1 rings (SSSR count). The molecule has 0 radical (unpaired) electrons. The third kappa shape index (κ3) is 5.46. The van der Waals surface area contributed by atoms with Crippen LogP contribution in [0.2, 0.25) is 0 Å². The Balaban J connectivity index is 2.47. The predicted molar refractivity (Wildman–Crippen MR) is 76.4 cm³/mol. The second-order valence-electron chi connectivity index (χ2n) is 4.39. The number of hydrogen-bond acceptors (Lipinski definition) is 2. The number of halogens is 2. The molecule has 1 unspecified atom stereocenters. The first-order chi connectivity index (χ1) is 8.67. The van der Waals surface area contributed by atoms with Crippen molar-refractivity contribution in [2.75, 3.05) is 20.3 Å². The van der Waals surface area contributed by atoms with Crippen molar-refractivity contribution < 1.29 is 9.13 Å². The van der Waals surface area contributed by atoms with Gasteiger partial charge in [-0.25, -0.2) is 4.39 Å². The second kappa shape index (κ2) is 8.62. The van der Waals surface area contributed by atoms with E-state index in [2.05, 4.69) is 28.2 Å². The predicted octanol–water partition coefficient (Wildman–Crippen LogP) is 3.54. The summed E-state index contributed by atoms with van der Waals surface area (Å²) in [6.45, 7) is 3.86. The van der Waals surface area contributed by atoms with Crippen LogP contribution in [0.4, 0.5) is 4.39 Å². The lowest BCUT2D eigenvalue weighted by molar-refractivity contribution is 0.162. The zero-order valence-corrected chi connectivity index (χ0v) is 12.6. The summed E-state index contributed by atoms with van der Waals surface area (Å²) in [6.07, 6.45) is 3.03. The first-order valence-corrected chi connectivity index (χ1v) is 7.13. The van der Waals surface area contributed by atoms with Crippen molar-refractivity contribution in [1.82, 2.24) is 5.32 Å². The number of methoxy groups -OCH3 is 1. The minimum Gasteiger partial charge on any atom is -0.383 e. The van der Waals surface area contributed by atoms with Crippen molar-refractivity contribution in [3.8, 4) is 0 Å². The van der Waals surface area contributed by atoms with E-state index in [1.165, 1.54) is 6.07 Å². The van der Waals surface area contributed by atoms with Crippen molar-refractivity contribution in [3.63, 3.8) is 0 Å². The Hall–Kier alpha value is -0.450. The maximum atomic E-state index is 13.1. The summed E-state index contributed by atoms with van der Waals surface area (Å²) in [5.74, 6) is -0.212. The van der Waals surface area contributed by atoms with Crippen LogP contribution in [0, 0.1) is 5.82 Å². The van der Waals surface area contributed by atoms with Gasteiger partial charge < -0.3 is 10.1 Å². The molecule has 0 bridgehead atoms. The average Bonchev–Trinajstić information content (AvgIpc) is 2.37. The van der Waals surface area contributed by atoms with Crippen molar-refractivity contribution in [3.05, 3.63) is 34.1 Å². The van der Waals surface area contributed by atoms with E-state index in [0.717, 1.165) is 31.4 Å². The first kappa shape index (κ1) is 15.6. The third-order valence-electron chi connectivity index (χ3n) is 2.82. The summed E-state index contributed by atoms with van der Waals surface area (Å²) in [7, 11) is 1.72. The maximum Gasteiger partial charge on any atom is 0.137 e. The van der Waals surface area contributed by atoms with Crippen LogP contribution in [-0.2, 0) is 11.2 Å². The Morgan fingerprint density at radius 1 is 1.44 bits per heavy atom. The largest absolute Gasteiger partial charge is 0.383 e. The topological polar surface area (TPSA) is 21.3 Å². The van der Waals surface area contributed by atoms with Gasteiger partial charge in [-0.05, 0) is 59.4 Å². The number of benzene rings is 1. The molecule has 18 heavy (non-hydrogen) atoms. The van der Waals surface area contributed by atoms with Crippen LogP contribution >= 0.6 is 15.9 Å². The molecule has 2 nitrogen and oxygen atoms in total. The lowest BCUT2D eigenvalue weighted by atomic mass is 10.1. The standard InChI is InChI=1S/C14H21BrFNO/c1-3-8-17-12(10-18-2)6-4-11-5-7-14(16)13(15)9-11/h5,7,9,12,17H,3-4,6,8,10H2,1-2H3. The highest BCUT2D eigenvalue weighted by Crippen LogP contribution is 2.18. The van der Waals surface area contributed by atoms with Gasteiger partial charge in [0.15, 0.2) is 0 Å². The first-order valence-electron chi connectivity index (χ1n) is 6.33. The SMILES string of the molecule is CCCNC(CCc1ccc(F)c(Br)c1)COC. The monoisotopic (exact) mass is 317 g/mol. The van der Waals surface area contributed by atoms with Crippen LogP contribution in [-0.4, -0.2) is 26.3 Å². The van der Waals surface area contributed by atoms with Gasteiger partial charge in [-0.1, -0.05) is 13.0 Å². The van der Waals surface area contributed by atoms with E-state index in [4.69, 9.17) is 4.74 Å². The molecule has 0 aliphatic carbocycles. The molecule has 0 saturated heterocycles. The number of nitrogens with one attached hydrogen (secondary N) is 1. The summed E-state index contributed by atoms with van der Waals surface area (Å²) in [6, 6.07) is 5.55. The fraction of sp³-hybridized carbons (Fsp3) is 0.571. The lowest BCUT2D eigenvalue weighted by Gasteiger charge is -2.17. The van der Waals surface area contributed by atoms with Crippen molar-refractivity contribution in [1.29, 1.82) is 0 Å². The molecular formula is C14H21BrFNO. The zero-order valence-electron chi connectivity index (χ0n) is 11.0. The van der Waals surface area contributed by atoms with E-state index >= 15 is 0 Å². The minimum absolute atomic E-state index is 0.212. The van der Waals surface area contributed by atoms with Crippen molar-refractivity contribution in [2.45, 2.75) is 32.2 Å². The highest BCUT2D eigenvalue weighted by atomic mass is 79.9. The van der Waals surface area contributed by atoms with E-state index < -0.39 is 0 Å². The molecule has 0 saturated carbocycles. The van der Waals surface area contributed by atoms with Gasteiger partial charge in [0.2, 0.25) is 0 Å². The number of hydrogen-bond donors (Lipinski definition) is 1. The quantitative estimate of drug-likeness (QED) is 0.792. The van der Waals surface area contributed by atoms with Gasteiger partial charge in [-0.15, -0.1) is 0 Å². The van der Waals surface area contributed by atoms with E-state index in [-0.39, 0.29) is 5.82 Å². The molecule has 4 heteroatoms. The van der Waals surface area contributed by atoms with Crippen LogP contribution < -0.4 is 5.32 Å². The molecule has 1 aromatic carbocycles. The van der Waals surface area contributed by atoms with Crippen molar-refractivity contribution >= 4 is 15.9 Å². The van der Waals surface area contributed by atoms with Crippen LogP contribution in [0.25, 0.3) is 0 Å². The zero-order chi connectivity index (χ0) is 13.4. The van der Waals surface area contributed by atoms with Gasteiger partial charge in [0.25, 0.3) is 0 Å². The fourth-order valence-electron chi connectivity index (χ4n) is 1.83. The minimum atomic E-state index is -0.212. The van der Waals surface area contributed by atoms with Crippen molar-refractivity contribution in [2.24, 2.45) is 0 Å². The normalized spacial score (nSPS) is 12.7. The molecule has 1 N–H and O–H groups in total. The second-order valence-corrected chi connectivity index (χ2v) is 5.25. The Kier molecular flexibility index (Phi) is 7.47. The summed E-state index contributed by atoms with van der Waals surface area (Å²) in [5, 5.41) is 3.46. The summed E-state index contributed by atoms with van der Waals surface area (Å²) in [4.78, 5) is 0. The van der Waals surface area contributed by atoms with E-state index in [0.29, 0.717) is 17.1 Å². The molecule has 0 spiro atoms. The Bertz CT molecular complexity index is 360. The smallest absolute Gasteiger partial charge is 0.137 e. The molecule has 0 heterocycles. The third-order valence-corrected chi connectivity index (χ3v) is 3.42. The van der Waals surface area contributed by atoms with Gasteiger partial charge in [-0.3, -0.25) is 0 Å². The summed E-state index contributed by atoms with van der Waals surface area (Å²) >= 11 is 3.21. The number of ether oxygens (including phenoxy) is 1. The molecule has 0 fully saturated rings. The number of rotatable bonds is 8. The number of aryl methyl sites for hydroxylation is 1. The van der Waals surface area contributed by atoms with Crippen LogP contribution in [0.5, 0.6) is 0 Å². The molecule has 0 aliphatic heterocycles. The van der Waals surface area contributed by atoms with E-state index in [1.54, 1.807) is 7.11 Å². The lowest BCUT2D eigenvalue weighted by Crippen LogP contribution is -2.34. The van der Waals surface area contributed by atoms with Gasteiger partial charge in [-0.2, -0.15) is 0 Å². The molecule has 102 valence electrons. The summed E-state index contributed by atoms with van der Waals surface area (Å²) < 4.78 is 18.8. The van der Waals surface area contributed by atoms with Gasteiger partial charge in [0.05, 0.1) is 11.1 Å². The van der Waals surface area contributed by atoms with Crippen LogP contribution in [0.1, 0.15) is 25.3 Å². The van der Waals surface area contributed by atoms with Crippen LogP contribution in [0.3, 0.4) is 0 Å². The van der Waals surface area contributed by atoms with Gasteiger partial charge in [0.1, 0.15) is 5.82 Å².